The number of carbonyl (C=O) groups excluding carboxylic acids is 3. The molecule has 2 aromatic carbocycles. The van der Waals surface area contributed by atoms with Crippen molar-refractivity contribution in [3.63, 3.8) is 0 Å². The van der Waals surface area contributed by atoms with Gasteiger partial charge in [-0.15, -0.1) is 5.06 Å². The highest BCUT2D eigenvalue weighted by atomic mass is 32.2. The SMILES string of the molecule is COCCOCCOCCN(CCCS(=O)(=O)O)c1ccc2c(c1)OC(/C=C/C=C1/N(CCCS(=O)(=O)O)c3ccc(S(=O)(=O)O)cc3C1(C)CCCC(=O)ON1C(=O)CCC1=O)C=C2C(C)(C)C. The monoisotopic (exact) mass is 1030 g/mol. The molecule has 5 rings (SSSR count). The van der Waals surface area contributed by atoms with E-state index in [1.165, 1.54) is 18.2 Å². The van der Waals surface area contributed by atoms with Gasteiger partial charge in [-0.05, 0) is 97.7 Å². The van der Waals surface area contributed by atoms with Gasteiger partial charge in [0.1, 0.15) is 11.9 Å². The molecule has 3 N–H and O–H groups in total. The number of ether oxygens (including phenoxy) is 4. The first-order chi connectivity index (χ1) is 32.3. The normalized spacial score (nSPS) is 19.3. The zero-order valence-corrected chi connectivity index (χ0v) is 41.9. The van der Waals surface area contributed by atoms with Crippen LogP contribution in [-0.4, -0.2) is 139 Å². The van der Waals surface area contributed by atoms with Crippen LogP contribution in [0, 0.1) is 5.41 Å². The van der Waals surface area contributed by atoms with Crippen LogP contribution in [0.5, 0.6) is 5.75 Å². The number of anilines is 2. The molecule has 2 aromatic rings. The third-order valence-corrected chi connectivity index (χ3v) is 14.2. The second-order valence-corrected chi connectivity index (χ2v) is 22.6. The first-order valence-electron chi connectivity index (χ1n) is 22.5. The summed E-state index contributed by atoms with van der Waals surface area (Å²) in [4.78, 5) is 45.5. The maximum Gasteiger partial charge on any atom is 0.333 e. The van der Waals surface area contributed by atoms with Crippen LogP contribution in [0.3, 0.4) is 0 Å². The van der Waals surface area contributed by atoms with Crippen LogP contribution in [0.4, 0.5) is 11.4 Å². The Labute approximate surface area is 404 Å². The largest absolute Gasteiger partial charge is 0.482 e. The molecule has 3 heterocycles. The lowest BCUT2D eigenvalue weighted by Crippen LogP contribution is -2.32. The van der Waals surface area contributed by atoms with Crippen LogP contribution >= 0.6 is 0 Å². The fourth-order valence-electron chi connectivity index (χ4n) is 8.41. The Hall–Kier alpha value is -4.72. The minimum atomic E-state index is -4.69. The third kappa shape index (κ3) is 15.6. The van der Waals surface area contributed by atoms with Crippen LogP contribution in [0.25, 0.3) is 5.57 Å². The molecular formula is C46H63N3O17S3. The summed E-state index contributed by atoms with van der Waals surface area (Å²) in [6.07, 6.45) is 6.63. The van der Waals surface area contributed by atoms with E-state index < -0.39 is 76.1 Å². The number of carbonyl (C=O) groups is 3. The van der Waals surface area contributed by atoms with Gasteiger partial charge in [-0.3, -0.25) is 23.2 Å². The number of methoxy groups -OCH3 is 1. The van der Waals surface area contributed by atoms with Crippen molar-refractivity contribution in [3.8, 4) is 5.75 Å². The summed E-state index contributed by atoms with van der Waals surface area (Å²) in [5.74, 6) is -2.57. The van der Waals surface area contributed by atoms with Gasteiger partial charge in [-0.25, -0.2) is 4.79 Å². The van der Waals surface area contributed by atoms with Crippen LogP contribution in [-0.2, 0) is 69.2 Å². The van der Waals surface area contributed by atoms with E-state index >= 15 is 0 Å². The first-order valence-corrected chi connectivity index (χ1v) is 27.1. The van der Waals surface area contributed by atoms with Crippen molar-refractivity contribution in [2.75, 3.05) is 81.1 Å². The van der Waals surface area contributed by atoms with Crippen molar-refractivity contribution in [3.05, 3.63) is 77.5 Å². The summed E-state index contributed by atoms with van der Waals surface area (Å²) >= 11 is 0. The predicted octanol–water partition coefficient (Wildman–Crippen LogP) is 5.16. The van der Waals surface area contributed by atoms with E-state index in [-0.39, 0.29) is 63.5 Å². The molecule has 69 heavy (non-hydrogen) atoms. The van der Waals surface area contributed by atoms with Gasteiger partial charge >= 0.3 is 5.97 Å². The molecule has 0 aromatic heterocycles. The maximum absolute atomic E-state index is 12.9. The molecule has 3 aliphatic rings. The highest BCUT2D eigenvalue weighted by molar-refractivity contribution is 7.86. The summed E-state index contributed by atoms with van der Waals surface area (Å²) in [5.41, 5.74) is 2.55. The summed E-state index contributed by atoms with van der Waals surface area (Å²) in [6, 6.07) is 9.74. The van der Waals surface area contributed by atoms with E-state index in [1.54, 1.807) is 37.2 Å². The number of nitrogens with zero attached hydrogens (tertiary/aromatic N) is 3. The van der Waals surface area contributed by atoms with E-state index in [0.717, 1.165) is 16.8 Å². The second kappa shape index (κ2) is 23.5. The fraction of sp³-hybridized carbons (Fsp3) is 0.543. The second-order valence-electron chi connectivity index (χ2n) is 18.1. The number of fused-ring (bicyclic) bond motifs is 2. The van der Waals surface area contributed by atoms with Gasteiger partial charge in [-0.2, -0.15) is 25.3 Å². The van der Waals surface area contributed by atoms with Crippen molar-refractivity contribution in [2.24, 2.45) is 5.41 Å². The molecule has 382 valence electrons. The minimum Gasteiger partial charge on any atom is -0.482 e. The van der Waals surface area contributed by atoms with Crippen LogP contribution in [0.2, 0.25) is 0 Å². The molecule has 0 spiro atoms. The van der Waals surface area contributed by atoms with Gasteiger partial charge in [0.25, 0.3) is 42.2 Å². The Bertz CT molecular complexity index is 2610. The molecule has 3 aliphatic heterocycles. The minimum absolute atomic E-state index is 0.0372. The van der Waals surface area contributed by atoms with Crippen molar-refractivity contribution in [1.29, 1.82) is 0 Å². The zero-order chi connectivity index (χ0) is 50.8. The van der Waals surface area contributed by atoms with Gasteiger partial charge in [0.15, 0.2) is 0 Å². The Balaban J connectivity index is 1.47. The predicted molar refractivity (Wildman–Crippen MR) is 255 cm³/mol. The number of imide groups is 1. The number of allylic oxidation sites excluding steroid dienone is 4. The Morgan fingerprint density at radius 3 is 2.16 bits per heavy atom. The lowest BCUT2D eigenvalue weighted by molar-refractivity contribution is -0.197. The van der Waals surface area contributed by atoms with Crippen molar-refractivity contribution in [1.82, 2.24) is 5.06 Å². The van der Waals surface area contributed by atoms with Gasteiger partial charge in [0.05, 0.1) is 49.4 Å². The summed E-state index contributed by atoms with van der Waals surface area (Å²) < 4.78 is 124. The van der Waals surface area contributed by atoms with Crippen LogP contribution < -0.4 is 14.5 Å². The van der Waals surface area contributed by atoms with Crippen molar-refractivity contribution < 1.29 is 77.1 Å². The van der Waals surface area contributed by atoms with E-state index in [0.29, 0.717) is 67.3 Å². The molecule has 0 radical (unpaired) electrons. The number of hydrogen-bond donors (Lipinski definition) is 3. The van der Waals surface area contributed by atoms with E-state index in [2.05, 4.69) is 20.8 Å². The quantitative estimate of drug-likeness (QED) is 0.0624. The van der Waals surface area contributed by atoms with Crippen LogP contribution in [0.15, 0.2) is 71.3 Å². The molecule has 23 heteroatoms. The Morgan fingerprint density at radius 2 is 1.52 bits per heavy atom. The molecule has 2 atom stereocenters. The van der Waals surface area contributed by atoms with E-state index in [1.807, 2.05) is 29.2 Å². The number of rotatable bonds is 26. The third-order valence-electron chi connectivity index (χ3n) is 11.8. The molecule has 0 aliphatic carbocycles. The Kier molecular flexibility index (Phi) is 18.8. The van der Waals surface area contributed by atoms with Crippen LogP contribution in [0.1, 0.15) is 83.8 Å². The summed E-state index contributed by atoms with van der Waals surface area (Å²) in [7, 11) is -11.7. The van der Waals surface area contributed by atoms with Gasteiger partial charge in [0, 0.05) is 80.1 Å². The molecule has 2 unspecified atom stereocenters. The first kappa shape index (κ1) is 55.2. The molecule has 0 bridgehead atoms. The van der Waals surface area contributed by atoms with Gasteiger partial charge in [0.2, 0.25) is 0 Å². The Morgan fingerprint density at radius 1 is 0.870 bits per heavy atom. The smallest absolute Gasteiger partial charge is 0.333 e. The van der Waals surface area contributed by atoms with E-state index in [4.69, 9.17) is 23.8 Å². The van der Waals surface area contributed by atoms with Gasteiger partial charge < -0.3 is 33.6 Å². The average Bonchev–Trinajstić information content (AvgIpc) is 3.68. The maximum atomic E-state index is 12.9. The molecule has 1 saturated heterocycles. The summed E-state index contributed by atoms with van der Waals surface area (Å²) in [5, 5.41) is 0.455. The summed E-state index contributed by atoms with van der Waals surface area (Å²) in [6.45, 7) is 10.6. The van der Waals surface area contributed by atoms with E-state index in [9.17, 15) is 53.3 Å². The van der Waals surface area contributed by atoms with Gasteiger partial charge in [-0.1, -0.05) is 26.8 Å². The number of hydrogen-bond acceptors (Lipinski definition) is 16. The number of benzene rings is 2. The van der Waals surface area contributed by atoms with Crippen molar-refractivity contribution >= 4 is 65.1 Å². The topological polar surface area (TPSA) is 270 Å². The molecule has 2 amide bonds. The zero-order valence-electron chi connectivity index (χ0n) is 39.5. The molecular weight excluding hydrogens is 963 g/mol. The fourth-order valence-corrected chi connectivity index (χ4v) is 9.90. The lowest BCUT2D eigenvalue weighted by atomic mass is 9.77. The molecule has 1 fully saturated rings. The average molecular weight is 1030 g/mol. The van der Waals surface area contributed by atoms with Crippen molar-refractivity contribution in [2.45, 2.75) is 89.1 Å². The highest BCUT2D eigenvalue weighted by Crippen LogP contribution is 2.52. The highest BCUT2D eigenvalue weighted by Gasteiger charge is 2.44. The number of amides is 2. The lowest BCUT2D eigenvalue weighted by Gasteiger charge is -2.33. The molecule has 0 saturated carbocycles. The standard InChI is InChI=1S/C46H63N3O17S3/c1-45(2,3)37-31-34(65-40-30-33(13-15-36(37)40)47(20-8-28-67(53,54)55)22-23-63-26-27-64-25-24-62-5)10-6-11-41-46(4,19-7-12-44(52)66-49-42(50)17-18-43(49)51)38-32-35(69(59,60)61)14-16-39(38)48(41)21-9-29-68(56,57)58/h6,10-11,13-16,30-32,34H,7-9,12,17-29H2,1-5H3,(H,53,54,55)(H,56,57,58)(H,59,60,61)/b10-6+,41-11+. The molecule has 20 nitrogen and oxygen atoms in total. The number of hydroxylamine groups is 2.